The van der Waals surface area contributed by atoms with Gasteiger partial charge in [-0.1, -0.05) is 10.4 Å². The maximum atomic E-state index is 12.0. The van der Waals surface area contributed by atoms with Crippen LogP contribution in [0.5, 0.6) is 0 Å². The van der Waals surface area contributed by atoms with E-state index in [2.05, 4.69) is 46.2 Å². The van der Waals surface area contributed by atoms with Crippen molar-refractivity contribution in [1.82, 2.24) is 45.4 Å². The number of aromatic nitrogens is 8. The first kappa shape index (κ1) is 20.9. The molecule has 15 heteroatoms. The van der Waals surface area contributed by atoms with Crippen molar-refractivity contribution in [2.24, 2.45) is 0 Å². The second-order valence-electron chi connectivity index (χ2n) is 7.41. The molecule has 0 unspecified atom stereocenters. The zero-order valence-corrected chi connectivity index (χ0v) is 17.5. The van der Waals surface area contributed by atoms with E-state index in [-0.39, 0.29) is 18.0 Å². The van der Waals surface area contributed by atoms with E-state index in [0.717, 1.165) is 5.69 Å². The predicted octanol–water partition coefficient (Wildman–Crippen LogP) is -1.11. The van der Waals surface area contributed by atoms with Gasteiger partial charge >= 0.3 is 0 Å². The van der Waals surface area contributed by atoms with Gasteiger partial charge in [-0.25, -0.2) is 15.0 Å². The minimum absolute atomic E-state index is 0.227. The highest BCUT2D eigenvalue weighted by Crippen LogP contribution is 2.33. The number of nitrogens with one attached hydrogen (secondary N) is 3. The number of hydrogen-bond acceptors (Lipinski definition) is 12. The Kier molecular flexibility index (Phi) is 5.20. The molecule has 0 spiro atoms. The predicted molar refractivity (Wildman–Crippen MR) is 109 cm³/mol. The van der Waals surface area contributed by atoms with E-state index in [1.165, 1.54) is 24.1 Å². The number of rotatable bonds is 6. The molecule has 4 aromatic rings. The van der Waals surface area contributed by atoms with Gasteiger partial charge in [0.1, 0.15) is 17.9 Å². The summed E-state index contributed by atoms with van der Waals surface area (Å²) < 4.78 is 12.3. The molecule has 0 saturated carbocycles. The SMILES string of the molecule is CNC(=O)[C@H]1O[C@@H](n2cnc3c(NCc4cc(C)no4)nc(-c4c[nH]nn4)nc32)[C@H](O)[C@@H]1O. The van der Waals surface area contributed by atoms with Crippen LogP contribution in [-0.4, -0.2) is 81.6 Å². The summed E-state index contributed by atoms with van der Waals surface area (Å²) in [5.74, 6) is 0.621. The number of amides is 1. The fourth-order valence-electron chi connectivity index (χ4n) is 3.57. The van der Waals surface area contributed by atoms with Crippen LogP contribution in [0.1, 0.15) is 17.7 Å². The molecular formula is C18H20N10O5. The average Bonchev–Trinajstić information content (AvgIpc) is 3.60. The highest BCUT2D eigenvalue weighted by molar-refractivity contribution is 5.85. The highest BCUT2D eigenvalue weighted by Gasteiger charge is 2.47. The zero-order valence-electron chi connectivity index (χ0n) is 17.5. The molecule has 5 N–H and O–H groups in total. The van der Waals surface area contributed by atoms with Crippen LogP contribution in [0.15, 0.2) is 23.1 Å². The van der Waals surface area contributed by atoms with Crippen molar-refractivity contribution in [2.45, 2.75) is 38.0 Å². The van der Waals surface area contributed by atoms with Gasteiger partial charge in [0, 0.05) is 13.1 Å². The number of H-pyrrole nitrogens is 1. The van der Waals surface area contributed by atoms with Crippen LogP contribution in [0.4, 0.5) is 5.82 Å². The number of anilines is 1. The van der Waals surface area contributed by atoms with E-state index >= 15 is 0 Å². The maximum absolute atomic E-state index is 12.0. The van der Waals surface area contributed by atoms with Crippen molar-refractivity contribution >= 4 is 22.9 Å². The van der Waals surface area contributed by atoms with Gasteiger partial charge in [0.2, 0.25) is 0 Å². The summed E-state index contributed by atoms with van der Waals surface area (Å²) in [6.07, 6.45) is -2.28. The third-order valence-corrected chi connectivity index (χ3v) is 5.19. The average molecular weight is 456 g/mol. The van der Waals surface area contributed by atoms with Crippen molar-refractivity contribution in [3.05, 3.63) is 30.0 Å². The molecule has 5 rings (SSSR count). The van der Waals surface area contributed by atoms with Crippen LogP contribution >= 0.6 is 0 Å². The van der Waals surface area contributed by atoms with Gasteiger partial charge in [-0.05, 0) is 6.92 Å². The first-order chi connectivity index (χ1) is 16.0. The Balaban J connectivity index is 1.55. The summed E-state index contributed by atoms with van der Waals surface area (Å²) in [6.45, 7) is 2.09. The molecule has 1 aliphatic rings. The van der Waals surface area contributed by atoms with Crippen molar-refractivity contribution in [3.8, 4) is 11.5 Å². The molecule has 172 valence electrons. The topological polar surface area (TPSA) is 202 Å². The van der Waals surface area contributed by atoms with Gasteiger partial charge in [-0.3, -0.25) is 14.5 Å². The largest absolute Gasteiger partial charge is 0.387 e. The number of likely N-dealkylation sites (N-methyl/N-ethyl adjacent to an activating group) is 1. The second-order valence-corrected chi connectivity index (χ2v) is 7.41. The standard InChI is InChI=1S/C18H20N10O5/c1-7-3-8(33-26-7)4-20-15-10-16(24-14(23-15)9-5-22-27-25-9)28(6-21-10)18-12(30)11(29)13(32-18)17(31)19-2/h3,5-6,11-13,18,29-30H,4H2,1-2H3,(H,19,31)(H,20,23,24)(H,22,25,27)/t11-,12+,13-,18+/m0/s1. The molecule has 0 aromatic carbocycles. The number of nitrogens with zero attached hydrogens (tertiary/aromatic N) is 7. The van der Waals surface area contributed by atoms with E-state index in [1.54, 1.807) is 6.07 Å². The first-order valence-corrected chi connectivity index (χ1v) is 9.97. The molecular weight excluding hydrogens is 436 g/mol. The van der Waals surface area contributed by atoms with Crippen LogP contribution < -0.4 is 10.6 Å². The zero-order chi connectivity index (χ0) is 23.1. The Morgan fingerprint density at radius 1 is 1.30 bits per heavy atom. The molecule has 1 saturated heterocycles. The first-order valence-electron chi connectivity index (χ1n) is 9.97. The Hall–Kier alpha value is -3.95. The summed E-state index contributed by atoms with van der Waals surface area (Å²) in [4.78, 5) is 25.4. The minimum Gasteiger partial charge on any atom is -0.387 e. The van der Waals surface area contributed by atoms with Gasteiger partial charge in [0.25, 0.3) is 5.91 Å². The smallest absolute Gasteiger partial charge is 0.251 e. The lowest BCUT2D eigenvalue weighted by Crippen LogP contribution is -2.41. The molecule has 1 amide bonds. The van der Waals surface area contributed by atoms with Crippen LogP contribution in [-0.2, 0) is 16.1 Å². The third-order valence-electron chi connectivity index (χ3n) is 5.19. The number of carbonyl (C=O) groups excluding carboxylic acids is 1. The van der Waals surface area contributed by atoms with Crippen LogP contribution in [0.3, 0.4) is 0 Å². The number of imidazole rings is 1. The number of aliphatic hydroxyl groups is 2. The van der Waals surface area contributed by atoms with Gasteiger partial charge in [-0.15, -0.1) is 5.10 Å². The van der Waals surface area contributed by atoms with Crippen molar-refractivity contribution in [3.63, 3.8) is 0 Å². The summed E-state index contributed by atoms with van der Waals surface area (Å²) in [6, 6.07) is 1.78. The quantitative estimate of drug-likeness (QED) is 0.234. The summed E-state index contributed by atoms with van der Waals surface area (Å²) >= 11 is 0. The Morgan fingerprint density at radius 3 is 2.85 bits per heavy atom. The molecule has 1 fully saturated rings. The normalized spacial score (nSPS) is 22.7. The molecule has 1 aliphatic heterocycles. The van der Waals surface area contributed by atoms with Crippen molar-refractivity contribution in [1.29, 1.82) is 0 Å². The number of carbonyl (C=O) groups is 1. The van der Waals surface area contributed by atoms with Gasteiger partial charge in [0.05, 0.1) is 24.8 Å². The lowest BCUT2D eigenvalue weighted by atomic mass is 10.1. The molecule has 0 bridgehead atoms. The van der Waals surface area contributed by atoms with Crippen LogP contribution in [0, 0.1) is 6.92 Å². The highest BCUT2D eigenvalue weighted by atomic mass is 16.6. The lowest BCUT2D eigenvalue weighted by Gasteiger charge is -2.16. The Morgan fingerprint density at radius 2 is 2.15 bits per heavy atom. The summed E-state index contributed by atoms with van der Waals surface area (Å²) in [5, 5.41) is 40.5. The molecule has 0 radical (unpaired) electrons. The van der Waals surface area contributed by atoms with Crippen molar-refractivity contribution in [2.75, 3.05) is 12.4 Å². The van der Waals surface area contributed by atoms with E-state index in [1.807, 2.05) is 6.92 Å². The molecule has 0 aliphatic carbocycles. The molecule has 4 atom stereocenters. The lowest BCUT2D eigenvalue weighted by molar-refractivity contribution is -0.137. The summed E-state index contributed by atoms with van der Waals surface area (Å²) in [5.41, 5.74) is 1.77. The molecule has 5 heterocycles. The van der Waals surface area contributed by atoms with E-state index < -0.39 is 30.4 Å². The fraction of sp³-hybridized carbons (Fsp3) is 0.389. The van der Waals surface area contributed by atoms with Crippen molar-refractivity contribution < 1.29 is 24.3 Å². The summed E-state index contributed by atoms with van der Waals surface area (Å²) in [7, 11) is 1.41. The number of aromatic amines is 1. The Bertz CT molecular complexity index is 1290. The molecule has 15 nitrogen and oxygen atoms in total. The third kappa shape index (κ3) is 3.67. The van der Waals surface area contributed by atoms with Gasteiger partial charge in [-0.2, -0.15) is 0 Å². The number of ether oxygens (including phenoxy) is 1. The number of aryl methyl sites for hydroxylation is 1. The van der Waals surface area contributed by atoms with Gasteiger partial charge in [0.15, 0.2) is 40.9 Å². The van der Waals surface area contributed by atoms with E-state index in [0.29, 0.717) is 22.8 Å². The number of aliphatic hydroxyl groups excluding tert-OH is 2. The molecule has 33 heavy (non-hydrogen) atoms. The second kappa shape index (κ2) is 8.19. The molecule has 4 aromatic heterocycles. The number of fused-ring (bicyclic) bond motifs is 1. The minimum atomic E-state index is -1.43. The maximum Gasteiger partial charge on any atom is 0.251 e. The van der Waals surface area contributed by atoms with Crippen LogP contribution in [0.25, 0.3) is 22.7 Å². The fourth-order valence-corrected chi connectivity index (χ4v) is 3.57. The Labute approximate surface area is 185 Å². The van der Waals surface area contributed by atoms with Gasteiger partial charge < -0.3 is 30.1 Å². The van der Waals surface area contributed by atoms with E-state index in [4.69, 9.17) is 9.26 Å². The van der Waals surface area contributed by atoms with E-state index in [9.17, 15) is 15.0 Å². The number of hydrogen-bond donors (Lipinski definition) is 5. The van der Waals surface area contributed by atoms with Crippen LogP contribution in [0.2, 0.25) is 0 Å². The monoisotopic (exact) mass is 456 g/mol.